The maximum Gasteiger partial charge on any atom is 0.251 e. The second-order valence-electron chi connectivity index (χ2n) is 7.52. The van der Waals surface area contributed by atoms with Gasteiger partial charge in [-0.3, -0.25) is 4.79 Å². The van der Waals surface area contributed by atoms with Gasteiger partial charge in [-0.2, -0.15) is 9.67 Å². The van der Waals surface area contributed by atoms with Crippen LogP contribution in [0, 0.1) is 6.92 Å². The maximum atomic E-state index is 13.0. The fourth-order valence-corrected chi connectivity index (χ4v) is 3.32. The molecule has 0 aliphatic carbocycles. The highest BCUT2D eigenvalue weighted by Gasteiger charge is 2.15. The summed E-state index contributed by atoms with van der Waals surface area (Å²) in [6, 6.07) is 13.7. The number of hydrogen-bond donors (Lipinski definition) is 1. The van der Waals surface area contributed by atoms with Crippen molar-refractivity contribution in [3.8, 4) is 16.8 Å². The number of nitrogens with one attached hydrogen (secondary N) is 1. The fourth-order valence-electron chi connectivity index (χ4n) is 3.32. The standard InChI is InChI=1S/C23H25N7O3/c1-4-21-26-28-29-30(21)19-12-17(16-7-5-15(2)6-8-16)11-18(13-19)23(31)24-14-22-25-20(27-33-22)9-10-32-3/h5-8,11-13H,4,9-10,14H2,1-3H3,(H,24,31). The molecule has 0 radical (unpaired) electrons. The van der Waals surface area contributed by atoms with Gasteiger partial charge in [-0.05, 0) is 46.7 Å². The van der Waals surface area contributed by atoms with E-state index in [0.29, 0.717) is 48.2 Å². The highest BCUT2D eigenvalue weighted by atomic mass is 16.5. The molecule has 0 aliphatic heterocycles. The Morgan fingerprint density at radius 3 is 2.73 bits per heavy atom. The number of methoxy groups -OCH3 is 1. The molecule has 2 aromatic carbocycles. The number of carbonyl (C=O) groups is 1. The molecule has 4 rings (SSSR count). The van der Waals surface area contributed by atoms with Crippen LogP contribution in [0.4, 0.5) is 0 Å². The Kier molecular flexibility index (Phi) is 6.84. The van der Waals surface area contributed by atoms with Crippen molar-refractivity contribution >= 4 is 5.91 Å². The summed E-state index contributed by atoms with van der Waals surface area (Å²) in [7, 11) is 1.61. The number of nitrogens with zero attached hydrogens (tertiary/aromatic N) is 6. The van der Waals surface area contributed by atoms with E-state index < -0.39 is 0 Å². The Bertz CT molecular complexity index is 1230. The molecular weight excluding hydrogens is 422 g/mol. The molecule has 10 heteroatoms. The SMILES string of the molecule is CCc1nnnn1-c1cc(C(=O)NCc2nc(CCOC)no2)cc(-c2ccc(C)cc2)c1. The smallest absolute Gasteiger partial charge is 0.251 e. The third-order valence-corrected chi connectivity index (χ3v) is 5.10. The number of hydrogen-bond acceptors (Lipinski definition) is 8. The molecule has 0 aliphatic rings. The van der Waals surface area contributed by atoms with E-state index in [9.17, 15) is 4.79 Å². The van der Waals surface area contributed by atoms with E-state index in [1.54, 1.807) is 17.9 Å². The zero-order chi connectivity index (χ0) is 23.2. The summed E-state index contributed by atoms with van der Waals surface area (Å²) in [4.78, 5) is 17.3. The minimum absolute atomic E-state index is 0.119. The molecule has 10 nitrogen and oxygen atoms in total. The third kappa shape index (κ3) is 5.29. The Morgan fingerprint density at radius 2 is 1.97 bits per heavy atom. The van der Waals surface area contributed by atoms with Crippen LogP contribution >= 0.6 is 0 Å². The van der Waals surface area contributed by atoms with Gasteiger partial charge in [0.2, 0.25) is 5.89 Å². The second kappa shape index (κ2) is 10.1. The molecule has 33 heavy (non-hydrogen) atoms. The minimum Gasteiger partial charge on any atom is -0.384 e. The third-order valence-electron chi connectivity index (χ3n) is 5.10. The highest BCUT2D eigenvalue weighted by molar-refractivity contribution is 5.96. The van der Waals surface area contributed by atoms with E-state index in [1.807, 2.05) is 50.2 Å². The average Bonchev–Trinajstić information content (AvgIpc) is 3.50. The molecule has 1 amide bonds. The van der Waals surface area contributed by atoms with E-state index in [-0.39, 0.29) is 12.5 Å². The Morgan fingerprint density at radius 1 is 1.15 bits per heavy atom. The second-order valence-corrected chi connectivity index (χ2v) is 7.52. The van der Waals surface area contributed by atoms with Crippen molar-refractivity contribution in [1.82, 2.24) is 35.7 Å². The van der Waals surface area contributed by atoms with Gasteiger partial charge < -0.3 is 14.6 Å². The Labute approximate surface area is 191 Å². The number of carbonyl (C=O) groups excluding carboxylic acids is 1. The van der Waals surface area contributed by atoms with Crippen LogP contribution in [0.1, 0.15) is 40.4 Å². The first kappa shape index (κ1) is 22.3. The maximum absolute atomic E-state index is 13.0. The van der Waals surface area contributed by atoms with E-state index in [4.69, 9.17) is 9.26 Å². The number of tetrazole rings is 1. The van der Waals surface area contributed by atoms with Gasteiger partial charge in [-0.25, -0.2) is 0 Å². The summed E-state index contributed by atoms with van der Waals surface area (Å²) in [5.74, 6) is 1.30. The summed E-state index contributed by atoms with van der Waals surface area (Å²) >= 11 is 0. The van der Waals surface area contributed by atoms with Crippen LogP contribution in [0.25, 0.3) is 16.8 Å². The first-order chi connectivity index (χ1) is 16.1. The molecular formula is C23H25N7O3. The van der Waals surface area contributed by atoms with Gasteiger partial charge in [-0.15, -0.1) is 5.10 Å². The molecule has 2 heterocycles. The Balaban J connectivity index is 1.61. The Hall–Kier alpha value is -3.92. The van der Waals surface area contributed by atoms with Crippen molar-refractivity contribution in [3.63, 3.8) is 0 Å². The predicted octanol–water partition coefficient (Wildman–Crippen LogP) is 2.70. The highest BCUT2D eigenvalue weighted by Crippen LogP contribution is 2.25. The van der Waals surface area contributed by atoms with Crippen LogP contribution in [-0.2, 0) is 24.1 Å². The monoisotopic (exact) mass is 447 g/mol. The van der Waals surface area contributed by atoms with Crippen LogP contribution in [0.5, 0.6) is 0 Å². The van der Waals surface area contributed by atoms with Crippen LogP contribution in [0.3, 0.4) is 0 Å². The van der Waals surface area contributed by atoms with E-state index in [2.05, 4.69) is 31.0 Å². The lowest BCUT2D eigenvalue weighted by atomic mass is 10.0. The molecule has 0 saturated heterocycles. The normalized spacial score (nSPS) is 11.0. The topological polar surface area (TPSA) is 121 Å². The number of aryl methyl sites for hydroxylation is 2. The fraction of sp³-hybridized carbons (Fsp3) is 0.304. The number of aromatic nitrogens is 6. The van der Waals surface area contributed by atoms with Crippen LogP contribution < -0.4 is 5.32 Å². The molecule has 0 bridgehead atoms. The van der Waals surface area contributed by atoms with Crippen molar-refractivity contribution in [1.29, 1.82) is 0 Å². The van der Waals surface area contributed by atoms with Crippen molar-refractivity contribution < 1.29 is 14.1 Å². The van der Waals surface area contributed by atoms with Gasteiger partial charge in [-0.1, -0.05) is 41.9 Å². The number of rotatable bonds is 9. The zero-order valence-corrected chi connectivity index (χ0v) is 18.8. The van der Waals surface area contributed by atoms with Crippen molar-refractivity contribution in [2.24, 2.45) is 0 Å². The molecule has 170 valence electrons. The van der Waals surface area contributed by atoms with Crippen molar-refractivity contribution in [2.45, 2.75) is 33.2 Å². The number of ether oxygens (including phenoxy) is 1. The number of benzene rings is 2. The minimum atomic E-state index is -0.270. The summed E-state index contributed by atoms with van der Waals surface area (Å²) in [5, 5.41) is 18.7. The molecule has 2 aromatic heterocycles. The molecule has 0 saturated carbocycles. The van der Waals surface area contributed by atoms with E-state index in [1.165, 1.54) is 0 Å². The molecule has 1 N–H and O–H groups in total. The summed E-state index contributed by atoms with van der Waals surface area (Å²) in [6.45, 7) is 4.63. The lowest BCUT2D eigenvalue weighted by Gasteiger charge is -2.11. The van der Waals surface area contributed by atoms with Gasteiger partial charge in [0.05, 0.1) is 18.8 Å². The van der Waals surface area contributed by atoms with Crippen molar-refractivity contribution in [2.75, 3.05) is 13.7 Å². The predicted molar refractivity (Wildman–Crippen MR) is 120 cm³/mol. The number of amides is 1. The van der Waals surface area contributed by atoms with Crippen molar-refractivity contribution in [3.05, 3.63) is 71.1 Å². The zero-order valence-electron chi connectivity index (χ0n) is 18.8. The lowest BCUT2D eigenvalue weighted by molar-refractivity contribution is 0.0946. The van der Waals surface area contributed by atoms with Crippen LogP contribution in [0.2, 0.25) is 0 Å². The van der Waals surface area contributed by atoms with Gasteiger partial charge in [0.25, 0.3) is 5.91 Å². The van der Waals surface area contributed by atoms with Crippen LogP contribution in [-0.4, -0.2) is 50.0 Å². The molecule has 4 aromatic rings. The quantitative estimate of drug-likeness (QED) is 0.416. The lowest BCUT2D eigenvalue weighted by Crippen LogP contribution is -2.23. The average molecular weight is 447 g/mol. The first-order valence-electron chi connectivity index (χ1n) is 10.7. The van der Waals surface area contributed by atoms with E-state index in [0.717, 1.165) is 16.7 Å². The molecule has 0 spiro atoms. The van der Waals surface area contributed by atoms with Gasteiger partial charge in [0, 0.05) is 25.5 Å². The molecule has 0 atom stereocenters. The molecule has 0 fully saturated rings. The first-order valence-corrected chi connectivity index (χ1v) is 10.7. The van der Waals surface area contributed by atoms with E-state index >= 15 is 0 Å². The summed E-state index contributed by atoms with van der Waals surface area (Å²) in [6.07, 6.45) is 1.20. The summed E-state index contributed by atoms with van der Waals surface area (Å²) < 4.78 is 11.9. The largest absolute Gasteiger partial charge is 0.384 e. The summed E-state index contributed by atoms with van der Waals surface area (Å²) in [5.41, 5.74) is 4.21. The molecule has 0 unspecified atom stereocenters. The van der Waals surface area contributed by atoms with Gasteiger partial charge >= 0.3 is 0 Å². The van der Waals surface area contributed by atoms with Crippen LogP contribution in [0.15, 0.2) is 47.0 Å². The van der Waals surface area contributed by atoms with Gasteiger partial charge in [0.1, 0.15) is 0 Å². The van der Waals surface area contributed by atoms with Gasteiger partial charge in [0.15, 0.2) is 11.6 Å².